The van der Waals surface area contributed by atoms with Crippen molar-refractivity contribution in [1.82, 2.24) is 0 Å². The van der Waals surface area contributed by atoms with Crippen LogP contribution in [-0.2, 0) is 0 Å². The number of hydrogen-bond donors (Lipinski definition) is 0. The number of fused-ring (bicyclic) bond motifs is 1. The number of benzene rings is 2. The van der Waals surface area contributed by atoms with Gasteiger partial charge in [0.15, 0.2) is 0 Å². The number of rotatable bonds is 3. The summed E-state index contributed by atoms with van der Waals surface area (Å²) in [6, 6.07) is 18.4. The maximum Gasteiger partial charge on any atom is 0.204 e. The lowest BCUT2D eigenvalue weighted by molar-refractivity contribution is 0.104. The molecular formula is C17H11ClO2. The second-order valence-electron chi connectivity index (χ2n) is 4.37. The summed E-state index contributed by atoms with van der Waals surface area (Å²) in [5.41, 5.74) is 1.33. The molecule has 3 heteroatoms. The summed E-state index contributed by atoms with van der Waals surface area (Å²) in [7, 11) is 0. The van der Waals surface area contributed by atoms with Crippen molar-refractivity contribution in [3.05, 3.63) is 77.0 Å². The van der Waals surface area contributed by atoms with Crippen LogP contribution in [0.15, 0.2) is 70.1 Å². The molecule has 1 aromatic heterocycles. The first-order valence-corrected chi connectivity index (χ1v) is 6.57. The quantitative estimate of drug-likeness (QED) is 0.505. The zero-order valence-electron chi connectivity index (χ0n) is 10.5. The summed E-state index contributed by atoms with van der Waals surface area (Å²) < 4.78 is 5.61. The van der Waals surface area contributed by atoms with Crippen molar-refractivity contribution in [1.29, 1.82) is 0 Å². The number of halogens is 1. The second-order valence-corrected chi connectivity index (χ2v) is 4.78. The van der Waals surface area contributed by atoms with E-state index in [0.29, 0.717) is 11.3 Å². The lowest BCUT2D eigenvalue weighted by atomic mass is 10.1. The minimum absolute atomic E-state index is 0.134. The Kier molecular flexibility index (Phi) is 3.40. The maximum absolute atomic E-state index is 12.1. The van der Waals surface area contributed by atoms with Crippen LogP contribution in [0.3, 0.4) is 0 Å². The van der Waals surface area contributed by atoms with Gasteiger partial charge in [0.05, 0.1) is 5.03 Å². The Hall–Kier alpha value is -2.32. The van der Waals surface area contributed by atoms with Crippen molar-refractivity contribution in [3.8, 4) is 0 Å². The summed E-state index contributed by atoms with van der Waals surface area (Å²) in [6.45, 7) is 0. The molecule has 0 spiro atoms. The number of allylic oxidation sites excluding steroid dienone is 1. The number of carbonyl (C=O) groups excluding carboxylic acids is 1. The molecule has 0 N–H and O–H groups in total. The SMILES string of the molecule is O=C(/C(Cl)=C\c1cc2ccccc2o1)c1ccccc1. The average Bonchev–Trinajstić information content (AvgIpc) is 2.89. The van der Waals surface area contributed by atoms with Crippen LogP contribution < -0.4 is 0 Å². The van der Waals surface area contributed by atoms with Gasteiger partial charge in [-0.05, 0) is 12.1 Å². The van der Waals surface area contributed by atoms with Crippen LogP contribution in [0.2, 0.25) is 0 Å². The Morgan fingerprint density at radius 3 is 2.45 bits per heavy atom. The predicted octanol–water partition coefficient (Wildman–Crippen LogP) is 4.90. The molecule has 2 nitrogen and oxygen atoms in total. The molecule has 0 atom stereocenters. The van der Waals surface area contributed by atoms with E-state index in [4.69, 9.17) is 16.0 Å². The maximum atomic E-state index is 12.1. The molecule has 2 aromatic carbocycles. The van der Waals surface area contributed by atoms with E-state index < -0.39 is 0 Å². The van der Waals surface area contributed by atoms with Crippen molar-refractivity contribution in [2.45, 2.75) is 0 Å². The van der Waals surface area contributed by atoms with Gasteiger partial charge < -0.3 is 4.42 Å². The molecule has 3 rings (SSSR count). The fourth-order valence-electron chi connectivity index (χ4n) is 1.99. The van der Waals surface area contributed by atoms with Crippen molar-refractivity contribution in [2.24, 2.45) is 0 Å². The smallest absolute Gasteiger partial charge is 0.204 e. The van der Waals surface area contributed by atoms with E-state index in [9.17, 15) is 4.79 Å². The number of hydrogen-bond acceptors (Lipinski definition) is 2. The van der Waals surface area contributed by atoms with E-state index in [1.165, 1.54) is 0 Å². The van der Waals surface area contributed by atoms with E-state index in [1.54, 1.807) is 30.3 Å². The van der Waals surface area contributed by atoms with E-state index in [0.717, 1.165) is 11.0 Å². The lowest BCUT2D eigenvalue weighted by Gasteiger charge is -1.97. The Balaban J connectivity index is 1.93. The summed E-state index contributed by atoms with van der Waals surface area (Å²) >= 11 is 6.08. The van der Waals surface area contributed by atoms with E-state index in [1.807, 2.05) is 36.4 Å². The number of carbonyl (C=O) groups is 1. The summed E-state index contributed by atoms with van der Waals surface area (Å²) in [6.07, 6.45) is 1.55. The first-order chi connectivity index (χ1) is 9.74. The van der Waals surface area contributed by atoms with Crippen LogP contribution in [0.5, 0.6) is 0 Å². The normalized spacial score (nSPS) is 11.8. The standard InChI is InChI=1S/C17H11ClO2/c18-15(17(19)12-6-2-1-3-7-12)11-14-10-13-8-4-5-9-16(13)20-14/h1-11H/b15-11+. The van der Waals surface area contributed by atoms with Gasteiger partial charge in [0.2, 0.25) is 5.78 Å². The minimum atomic E-state index is -0.215. The molecule has 0 amide bonds. The lowest BCUT2D eigenvalue weighted by Crippen LogP contribution is -1.97. The molecule has 0 saturated heterocycles. The number of para-hydroxylation sites is 1. The van der Waals surface area contributed by atoms with Gasteiger partial charge in [0, 0.05) is 17.0 Å². The fourth-order valence-corrected chi connectivity index (χ4v) is 2.21. The van der Waals surface area contributed by atoms with Gasteiger partial charge in [-0.15, -0.1) is 0 Å². The first-order valence-electron chi connectivity index (χ1n) is 6.19. The number of furan rings is 1. The van der Waals surface area contributed by atoms with Crippen LogP contribution in [0.1, 0.15) is 16.1 Å². The topological polar surface area (TPSA) is 30.2 Å². The van der Waals surface area contributed by atoms with Crippen LogP contribution in [0.4, 0.5) is 0 Å². The Morgan fingerprint density at radius 1 is 1.00 bits per heavy atom. The molecule has 0 aliphatic rings. The fraction of sp³-hybridized carbons (Fsp3) is 0. The molecular weight excluding hydrogens is 272 g/mol. The van der Waals surface area contributed by atoms with Crippen LogP contribution in [0.25, 0.3) is 17.0 Å². The Labute approximate surface area is 121 Å². The molecule has 98 valence electrons. The van der Waals surface area contributed by atoms with Crippen LogP contribution in [-0.4, -0.2) is 5.78 Å². The van der Waals surface area contributed by atoms with Gasteiger partial charge in [-0.3, -0.25) is 4.79 Å². The van der Waals surface area contributed by atoms with Gasteiger partial charge in [0.25, 0.3) is 0 Å². The number of ketones is 1. The van der Waals surface area contributed by atoms with Crippen molar-refractivity contribution in [2.75, 3.05) is 0 Å². The Bertz CT molecular complexity index is 752. The highest BCUT2D eigenvalue weighted by molar-refractivity contribution is 6.47. The summed E-state index contributed by atoms with van der Waals surface area (Å²) in [4.78, 5) is 12.1. The molecule has 3 aromatic rings. The molecule has 0 aliphatic heterocycles. The zero-order chi connectivity index (χ0) is 13.9. The highest BCUT2D eigenvalue weighted by Gasteiger charge is 2.10. The van der Waals surface area contributed by atoms with E-state index in [-0.39, 0.29) is 10.8 Å². The largest absolute Gasteiger partial charge is 0.457 e. The zero-order valence-corrected chi connectivity index (χ0v) is 11.3. The Morgan fingerprint density at radius 2 is 1.70 bits per heavy atom. The molecule has 0 saturated carbocycles. The molecule has 20 heavy (non-hydrogen) atoms. The molecule has 0 unspecified atom stereocenters. The van der Waals surface area contributed by atoms with Crippen LogP contribution >= 0.6 is 11.6 Å². The van der Waals surface area contributed by atoms with Gasteiger partial charge in [-0.1, -0.05) is 60.1 Å². The highest BCUT2D eigenvalue weighted by atomic mass is 35.5. The van der Waals surface area contributed by atoms with Crippen LogP contribution in [0, 0.1) is 0 Å². The third-order valence-corrected chi connectivity index (χ3v) is 3.25. The third-order valence-electron chi connectivity index (χ3n) is 2.97. The van der Waals surface area contributed by atoms with Gasteiger partial charge in [-0.25, -0.2) is 0 Å². The summed E-state index contributed by atoms with van der Waals surface area (Å²) in [5, 5.41) is 1.12. The predicted molar refractivity (Wildman–Crippen MR) is 80.8 cm³/mol. The first kappa shape index (κ1) is 12.7. The molecule has 0 radical (unpaired) electrons. The van der Waals surface area contributed by atoms with Gasteiger partial charge in [-0.2, -0.15) is 0 Å². The monoisotopic (exact) mass is 282 g/mol. The van der Waals surface area contributed by atoms with E-state index >= 15 is 0 Å². The van der Waals surface area contributed by atoms with Gasteiger partial charge >= 0.3 is 0 Å². The van der Waals surface area contributed by atoms with Crippen molar-refractivity contribution >= 4 is 34.4 Å². The van der Waals surface area contributed by atoms with Crippen molar-refractivity contribution < 1.29 is 9.21 Å². The van der Waals surface area contributed by atoms with E-state index in [2.05, 4.69) is 0 Å². The number of Topliss-reactive ketones (excluding diaryl/α,β-unsaturated/α-hetero) is 1. The second kappa shape index (κ2) is 5.35. The highest BCUT2D eigenvalue weighted by Crippen LogP contribution is 2.22. The van der Waals surface area contributed by atoms with Gasteiger partial charge in [0.1, 0.15) is 11.3 Å². The summed E-state index contributed by atoms with van der Waals surface area (Å²) in [5.74, 6) is 0.355. The molecule has 0 fully saturated rings. The average molecular weight is 283 g/mol. The molecule has 1 heterocycles. The third kappa shape index (κ3) is 2.51. The minimum Gasteiger partial charge on any atom is -0.457 e. The molecule has 0 aliphatic carbocycles. The molecule has 0 bridgehead atoms. The van der Waals surface area contributed by atoms with Crippen molar-refractivity contribution in [3.63, 3.8) is 0 Å².